The van der Waals surface area contributed by atoms with Gasteiger partial charge in [0.1, 0.15) is 4.32 Å². The number of phenolic OH excluding ortho intramolecular Hbond substituents is 1. The van der Waals surface area contributed by atoms with Gasteiger partial charge in [0.2, 0.25) is 0 Å². The standard InChI is InChI=1S/C13H12BrNO6S3/c1-21-9-5-7(4-8(14)11(9)16)6-10-12(17)15(13(22)23-10)2-3-24(18,19)20/h4-6,16H,2-3H2,1H3,(H,18,19,20)/b10-6-. The van der Waals surface area contributed by atoms with Crippen LogP contribution >= 0.6 is 39.9 Å². The molecule has 0 unspecified atom stereocenters. The van der Waals surface area contributed by atoms with Gasteiger partial charge in [0.05, 0.1) is 22.2 Å². The summed E-state index contributed by atoms with van der Waals surface area (Å²) in [4.78, 5) is 13.7. The van der Waals surface area contributed by atoms with Gasteiger partial charge in [-0.25, -0.2) is 0 Å². The minimum atomic E-state index is -4.19. The molecule has 0 bridgehead atoms. The molecule has 7 nitrogen and oxygen atoms in total. The number of halogens is 1. The molecule has 2 rings (SSSR count). The fourth-order valence-electron chi connectivity index (χ4n) is 1.88. The summed E-state index contributed by atoms with van der Waals surface area (Å²) < 4.78 is 36.1. The Morgan fingerprint density at radius 2 is 2.12 bits per heavy atom. The predicted octanol–water partition coefficient (Wildman–Crippen LogP) is 2.25. The van der Waals surface area contributed by atoms with Gasteiger partial charge in [-0.15, -0.1) is 0 Å². The first-order valence-electron chi connectivity index (χ1n) is 6.39. The van der Waals surface area contributed by atoms with Crippen LogP contribution in [0.4, 0.5) is 0 Å². The maximum atomic E-state index is 12.3. The summed E-state index contributed by atoms with van der Waals surface area (Å²) in [5.41, 5.74) is 0.590. The SMILES string of the molecule is COc1cc(/C=C2\SC(=S)N(CCS(=O)(=O)O)C2=O)cc(Br)c1O. The zero-order chi connectivity index (χ0) is 18.1. The smallest absolute Gasteiger partial charge is 0.266 e. The number of thiocarbonyl (C=S) groups is 1. The third-order valence-electron chi connectivity index (χ3n) is 3.01. The highest BCUT2D eigenvalue weighted by atomic mass is 79.9. The Morgan fingerprint density at radius 3 is 2.71 bits per heavy atom. The number of benzene rings is 1. The lowest BCUT2D eigenvalue weighted by Crippen LogP contribution is -2.32. The van der Waals surface area contributed by atoms with Crippen molar-refractivity contribution in [2.45, 2.75) is 0 Å². The van der Waals surface area contributed by atoms with Gasteiger partial charge in [-0.1, -0.05) is 24.0 Å². The van der Waals surface area contributed by atoms with E-state index in [2.05, 4.69) is 15.9 Å². The fraction of sp³-hybridized carbons (Fsp3) is 0.231. The number of methoxy groups -OCH3 is 1. The first-order valence-corrected chi connectivity index (χ1v) is 10.0. The molecule has 0 atom stereocenters. The molecule has 1 fully saturated rings. The number of thioether (sulfide) groups is 1. The Balaban J connectivity index is 2.27. The van der Waals surface area contributed by atoms with E-state index in [1.165, 1.54) is 7.11 Å². The highest BCUT2D eigenvalue weighted by molar-refractivity contribution is 9.10. The molecule has 0 saturated carbocycles. The molecule has 11 heteroatoms. The third-order valence-corrected chi connectivity index (χ3v) is 5.70. The number of ether oxygens (including phenoxy) is 1. The van der Waals surface area contributed by atoms with Gasteiger partial charge in [-0.3, -0.25) is 14.2 Å². The second-order valence-electron chi connectivity index (χ2n) is 4.67. The van der Waals surface area contributed by atoms with Gasteiger partial charge in [0.25, 0.3) is 16.0 Å². The molecule has 130 valence electrons. The molecule has 0 aromatic heterocycles. The number of hydrogen-bond acceptors (Lipinski definition) is 7. The van der Waals surface area contributed by atoms with Crippen molar-refractivity contribution in [1.82, 2.24) is 4.90 Å². The van der Waals surface area contributed by atoms with E-state index in [9.17, 15) is 18.3 Å². The third kappa shape index (κ3) is 4.48. The Kier molecular flexibility index (Phi) is 5.91. The van der Waals surface area contributed by atoms with Gasteiger partial charge in [0.15, 0.2) is 11.5 Å². The highest BCUT2D eigenvalue weighted by Gasteiger charge is 2.32. The Hall–Kier alpha value is -1.14. The normalized spacial score (nSPS) is 17.0. The fourth-order valence-corrected chi connectivity index (χ4v) is 4.07. The summed E-state index contributed by atoms with van der Waals surface area (Å²) in [5.74, 6) is -0.865. The van der Waals surface area contributed by atoms with Crippen molar-refractivity contribution in [1.29, 1.82) is 0 Å². The minimum Gasteiger partial charge on any atom is -0.503 e. The number of nitrogens with zero attached hydrogens (tertiary/aromatic N) is 1. The van der Waals surface area contributed by atoms with Gasteiger partial charge in [0, 0.05) is 6.54 Å². The number of aromatic hydroxyl groups is 1. The zero-order valence-electron chi connectivity index (χ0n) is 12.2. The second kappa shape index (κ2) is 7.40. The van der Waals surface area contributed by atoms with E-state index in [-0.39, 0.29) is 22.4 Å². The summed E-state index contributed by atoms with van der Waals surface area (Å²) in [6.45, 7) is -0.219. The molecule has 1 aliphatic heterocycles. The second-order valence-corrected chi connectivity index (χ2v) is 8.78. The summed E-state index contributed by atoms with van der Waals surface area (Å²) in [6.07, 6.45) is 1.56. The molecule has 1 aromatic rings. The number of carbonyl (C=O) groups is 1. The molecule has 0 spiro atoms. The van der Waals surface area contributed by atoms with E-state index < -0.39 is 21.8 Å². The van der Waals surface area contributed by atoms with Crippen LogP contribution in [0.15, 0.2) is 21.5 Å². The van der Waals surface area contributed by atoms with Crippen LogP contribution in [-0.2, 0) is 14.9 Å². The summed E-state index contributed by atoms with van der Waals surface area (Å²) >= 11 is 9.29. The molecular formula is C13H12BrNO6S3. The molecule has 1 amide bonds. The largest absolute Gasteiger partial charge is 0.503 e. The topological polar surface area (TPSA) is 104 Å². The average Bonchev–Trinajstić information content (AvgIpc) is 2.74. The van der Waals surface area contributed by atoms with Gasteiger partial charge < -0.3 is 9.84 Å². The van der Waals surface area contributed by atoms with Crippen LogP contribution in [0.2, 0.25) is 0 Å². The van der Waals surface area contributed by atoms with Crippen LogP contribution < -0.4 is 4.74 Å². The lowest BCUT2D eigenvalue weighted by atomic mass is 10.2. The number of hydrogen-bond donors (Lipinski definition) is 2. The molecule has 1 aromatic carbocycles. The molecule has 1 aliphatic rings. The molecule has 2 N–H and O–H groups in total. The van der Waals surface area contributed by atoms with Crippen molar-refractivity contribution in [3.8, 4) is 11.5 Å². The van der Waals surface area contributed by atoms with Crippen molar-refractivity contribution in [2.75, 3.05) is 19.4 Å². The van der Waals surface area contributed by atoms with Crippen molar-refractivity contribution in [2.24, 2.45) is 0 Å². The first kappa shape index (κ1) is 19.2. The van der Waals surface area contributed by atoms with Gasteiger partial charge >= 0.3 is 0 Å². The Morgan fingerprint density at radius 1 is 1.46 bits per heavy atom. The highest BCUT2D eigenvalue weighted by Crippen LogP contribution is 2.38. The molecular weight excluding hydrogens is 442 g/mol. The zero-order valence-corrected chi connectivity index (χ0v) is 16.3. The Labute approximate surface area is 156 Å². The lowest BCUT2D eigenvalue weighted by molar-refractivity contribution is -0.121. The van der Waals surface area contributed by atoms with Crippen molar-refractivity contribution < 1.29 is 27.6 Å². The van der Waals surface area contributed by atoms with E-state index in [4.69, 9.17) is 21.5 Å². The van der Waals surface area contributed by atoms with E-state index in [1.54, 1.807) is 18.2 Å². The Bertz CT molecular complexity index is 836. The number of amides is 1. The predicted molar refractivity (Wildman–Crippen MR) is 98.7 cm³/mol. The maximum Gasteiger partial charge on any atom is 0.266 e. The summed E-state index contributed by atoms with van der Waals surface area (Å²) in [5, 5.41) is 9.79. The van der Waals surface area contributed by atoms with Crippen LogP contribution in [0.25, 0.3) is 6.08 Å². The first-order chi connectivity index (χ1) is 11.1. The van der Waals surface area contributed by atoms with Crippen molar-refractivity contribution in [3.63, 3.8) is 0 Å². The van der Waals surface area contributed by atoms with Gasteiger partial charge in [-0.05, 0) is 39.7 Å². The molecule has 1 saturated heterocycles. The maximum absolute atomic E-state index is 12.3. The van der Waals surface area contributed by atoms with E-state index in [0.717, 1.165) is 16.7 Å². The van der Waals surface area contributed by atoms with Crippen LogP contribution in [0.5, 0.6) is 11.5 Å². The van der Waals surface area contributed by atoms with Crippen molar-refractivity contribution >= 4 is 66.3 Å². The summed E-state index contributed by atoms with van der Waals surface area (Å²) in [6, 6.07) is 3.15. The summed E-state index contributed by atoms with van der Waals surface area (Å²) in [7, 11) is -2.78. The molecule has 24 heavy (non-hydrogen) atoms. The minimum absolute atomic E-state index is 0.0599. The van der Waals surface area contributed by atoms with E-state index in [0.29, 0.717) is 14.9 Å². The van der Waals surface area contributed by atoms with E-state index in [1.807, 2.05) is 0 Å². The molecule has 0 aliphatic carbocycles. The monoisotopic (exact) mass is 453 g/mol. The van der Waals surface area contributed by atoms with Crippen LogP contribution in [0.3, 0.4) is 0 Å². The van der Waals surface area contributed by atoms with E-state index >= 15 is 0 Å². The number of rotatable bonds is 5. The molecule has 1 heterocycles. The van der Waals surface area contributed by atoms with Crippen LogP contribution in [0, 0.1) is 0 Å². The van der Waals surface area contributed by atoms with Crippen LogP contribution in [0.1, 0.15) is 5.56 Å². The molecule has 0 radical (unpaired) electrons. The quantitative estimate of drug-likeness (QED) is 0.397. The van der Waals surface area contributed by atoms with Gasteiger partial charge in [-0.2, -0.15) is 8.42 Å². The number of carbonyl (C=O) groups excluding carboxylic acids is 1. The average molecular weight is 454 g/mol. The van der Waals surface area contributed by atoms with Crippen LogP contribution in [-0.4, -0.2) is 52.6 Å². The van der Waals surface area contributed by atoms with Crippen molar-refractivity contribution in [3.05, 3.63) is 27.1 Å². The lowest BCUT2D eigenvalue weighted by Gasteiger charge is -2.12. The number of phenols is 1.